The van der Waals surface area contributed by atoms with Crippen LogP contribution >= 0.6 is 11.3 Å². The first-order valence-electron chi connectivity index (χ1n) is 8.54. The Labute approximate surface area is 156 Å². The number of nitrogens with one attached hydrogen (secondary N) is 1. The molecule has 0 unspecified atom stereocenters. The van der Waals surface area contributed by atoms with Gasteiger partial charge in [-0.1, -0.05) is 12.1 Å². The first-order valence-corrected chi connectivity index (χ1v) is 9.35. The predicted molar refractivity (Wildman–Crippen MR) is 104 cm³/mol. The number of hydrogen-bond donors (Lipinski definition) is 1. The van der Waals surface area contributed by atoms with Crippen molar-refractivity contribution in [2.75, 3.05) is 36.5 Å². The van der Waals surface area contributed by atoms with Crippen molar-refractivity contribution in [3.63, 3.8) is 0 Å². The average molecular weight is 365 g/mol. The molecule has 0 spiro atoms. The minimum absolute atomic E-state index is 0.675. The quantitative estimate of drug-likeness (QED) is 0.762. The lowest BCUT2D eigenvalue weighted by Gasteiger charge is -2.29. The summed E-state index contributed by atoms with van der Waals surface area (Å²) < 4.78 is 5.47. The summed E-state index contributed by atoms with van der Waals surface area (Å²) in [4.78, 5) is 13.0. The predicted octanol–water partition coefficient (Wildman–Crippen LogP) is 3.76. The van der Waals surface area contributed by atoms with E-state index in [0.717, 1.165) is 45.4 Å². The zero-order valence-corrected chi connectivity index (χ0v) is 15.6. The number of hydrogen-bond acceptors (Lipinski definition) is 7. The molecule has 132 valence electrons. The Bertz CT molecular complexity index is 1000. The molecule has 1 aromatic carbocycles. The second kappa shape index (κ2) is 6.90. The number of rotatable bonds is 3. The molecule has 1 fully saturated rings. The fraction of sp³-hybridized carbons (Fsp3) is 0.316. The molecule has 1 aliphatic rings. The molecule has 0 aliphatic carbocycles. The van der Waals surface area contributed by atoms with Gasteiger partial charge in [0.05, 0.1) is 29.8 Å². The summed E-state index contributed by atoms with van der Waals surface area (Å²) >= 11 is 1.58. The SMILES string of the molecule is Cc1sc(Nc2nc3ccccc3nc2N2CCOCC2)c(C#N)c1C. The van der Waals surface area contributed by atoms with Gasteiger partial charge < -0.3 is 15.0 Å². The molecule has 1 N–H and O–H groups in total. The van der Waals surface area contributed by atoms with Gasteiger partial charge in [-0.15, -0.1) is 11.3 Å². The topological polar surface area (TPSA) is 74.1 Å². The van der Waals surface area contributed by atoms with Gasteiger partial charge in [0, 0.05) is 18.0 Å². The highest BCUT2D eigenvalue weighted by Crippen LogP contribution is 2.36. The third-order valence-corrected chi connectivity index (χ3v) is 5.71. The first kappa shape index (κ1) is 16.8. The molecule has 0 saturated carbocycles. The summed E-state index contributed by atoms with van der Waals surface area (Å²) in [5.41, 5.74) is 3.38. The van der Waals surface area contributed by atoms with E-state index in [9.17, 15) is 5.26 Å². The number of nitrogens with zero attached hydrogens (tertiary/aromatic N) is 4. The molecule has 26 heavy (non-hydrogen) atoms. The monoisotopic (exact) mass is 365 g/mol. The summed E-state index contributed by atoms with van der Waals surface area (Å²) in [5.74, 6) is 1.49. The van der Waals surface area contributed by atoms with E-state index in [-0.39, 0.29) is 0 Å². The Balaban J connectivity index is 1.82. The highest BCUT2D eigenvalue weighted by molar-refractivity contribution is 7.16. The number of thiophene rings is 1. The molecule has 2 aromatic heterocycles. The maximum Gasteiger partial charge on any atom is 0.175 e. The average Bonchev–Trinajstić information content (AvgIpc) is 2.94. The number of aromatic nitrogens is 2. The van der Waals surface area contributed by atoms with Crippen molar-refractivity contribution in [2.24, 2.45) is 0 Å². The Hall–Kier alpha value is -2.69. The van der Waals surface area contributed by atoms with Crippen LogP contribution in [0, 0.1) is 25.2 Å². The largest absolute Gasteiger partial charge is 0.378 e. The molecule has 3 aromatic rings. The Kier molecular flexibility index (Phi) is 4.45. The number of morpholine rings is 1. The summed E-state index contributed by atoms with van der Waals surface area (Å²) in [5, 5.41) is 13.7. The van der Waals surface area contributed by atoms with Crippen molar-refractivity contribution in [3.05, 3.63) is 40.3 Å². The highest BCUT2D eigenvalue weighted by atomic mass is 32.1. The molecule has 0 radical (unpaired) electrons. The second-order valence-corrected chi connectivity index (χ2v) is 7.43. The molecular weight excluding hydrogens is 346 g/mol. The van der Waals surface area contributed by atoms with Gasteiger partial charge in [-0.05, 0) is 31.5 Å². The van der Waals surface area contributed by atoms with E-state index in [2.05, 4.69) is 16.3 Å². The van der Waals surface area contributed by atoms with Crippen molar-refractivity contribution in [2.45, 2.75) is 13.8 Å². The zero-order chi connectivity index (χ0) is 18.1. The van der Waals surface area contributed by atoms with Gasteiger partial charge in [0.2, 0.25) is 0 Å². The van der Waals surface area contributed by atoms with Crippen LogP contribution in [0.1, 0.15) is 16.0 Å². The number of ether oxygens (including phenoxy) is 1. The maximum absolute atomic E-state index is 9.53. The lowest BCUT2D eigenvalue weighted by Crippen LogP contribution is -2.37. The van der Waals surface area contributed by atoms with Crippen LogP contribution < -0.4 is 10.2 Å². The van der Waals surface area contributed by atoms with E-state index in [1.54, 1.807) is 11.3 Å². The van der Waals surface area contributed by atoms with Crippen LogP contribution in [0.3, 0.4) is 0 Å². The number of nitriles is 1. The molecular formula is C19H19N5OS. The molecule has 4 rings (SSSR count). The molecule has 1 saturated heterocycles. The van der Waals surface area contributed by atoms with Crippen LogP contribution in [-0.2, 0) is 4.74 Å². The Morgan fingerprint density at radius 1 is 1.15 bits per heavy atom. The maximum atomic E-state index is 9.53. The number of aryl methyl sites for hydroxylation is 1. The van der Waals surface area contributed by atoms with Crippen LogP contribution in [0.4, 0.5) is 16.6 Å². The van der Waals surface area contributed by atoms with Gasteiger partial charge in [0.15, 0.2) is 11.6 Å². The van der Waals surface area contributed by atoms with Crippen molar-refractivity contribution >= 4 is 39.0 Å². The van der Waals surface area contributed by atoms with Gasteiger partial charge in [-0.25, -0.2) is 9.97 Å². The van der Waals surface area contributed by atoms with Crippen LogP contribution in [0.2, 0.25) is 0 Å². The van der Waals surface area contributed by atoms with Gasteiger partial charge in [-0.2, -0.15) is 5.26 Å². The fourth-order valence-corrected chi connectivity index (χ4v) is 4.04. The molecule has 7 heteroatoms. The van der Waals surface area contributed by atoms with Gasteiger partial charge >= 0.3 is 0 Å². The van der Waals surface area contributed by atoms with Crippen LogP contribution in [0.5, 0.6) is 0 Å². The van der Waals surface area contributed by atoms with E-state index >= 15 is 0 Å². The third-order valence-electron chi connectivity index (χ3n) is 4.59. The minimum atomic E-state index is 0.675. The fourth-order valence-electron chi connectivity index (χ4n) is 3.03. The number of fused-ring (bicyclic) bond motifs is 1. The summed E-state index contributed by atoms with van der Waals surface area (Å²) in [6.07, 6.45) is 0. The van der Waals surface area contributed by atoms with Crippen molar-refractivity contribution < 1.29 is 4.74 Å². The molecule has 3 heterocycles. The highest BCUT2D eigenvalue weighted by Gasteiger charge is 2.21. The van der Waals surface area contributed by atoms with E-state index in [0.29, 0.717) is 24.6 Å². The van der Waals surface area contributed by atoms with E-state index in [1.165, 1.54) is 0 Å². The third kappa shape index (κ3) is 2.98. The smallest absolute Gasteiger partial charge is 0.175 e. The molecule has 6 nitrogen and oxygen atoms in total. The standard InChI is InChI=1S/C19H19N5OS/c1-12-13(2)26-19(14(12)11-20)23-17-18(24-7-9-25-10-8-24)22-16-6-4-3-5-15(16)21-17/h3-6H,7-10H2,1-2H3,(H,21,23). The molecule has 0 amide bonds. The number of anilines is 3. The zero-order valence-electron chi connectivity index (χ0n) is 14.7. The Morgan fingerprint density at radius 2 is 1.85 bits per heavy atom. The van der Waals surface area contributed by atoms with E-state index in [4.69, 9.17) is 14.7 Å². The normalized spacial score (nSPS) is 14.4. The van der Waals surface area contributed by atoms with Crippen LogP contribution in [0.25, 0.3) is 11.0 Å². The van der Waals surface area contributed by atoms with Gasteiger partial charge in [0.1, 0.15) is 11.1 Å². The van der Waals surface area contributed by atoms with Gasteiger partial charge in [0.25, 0.3) is 0 Å². The lowest BCUT2D eigenvalue weighted by atomic mass is 10.2. The van der Waals surface area contributed by atoms with Crippen molar-refractivity contribution in [3.8, 4) is 6.07 Å². The van der Waals surface area contributed by atoms with Crippen molar-refractivity contribution in [1.82, 2.24) is 9.97 Å². The summed E-state index contributed by atoms with van der Waals surface area (Å²) in [6.45, 7) is 6.90. The van der Waals surface area contributed by atoms with Crippen LogP contribution in [0.15, 0.2) is 24.3 Å². The molecule has 0 atom stereocenters. The van der Waals surface area contributed by atoms with E-state index in [1.807, 2.05) is 38.1 Å². The second-order valence-electron chi connectivity index (χ2n) is 6.21. The molecule has 0 bridgehead atoms. The van der Waals surface area contributed by atoms with Gasteiger partial charge in [-0.3, -0.25) is 0 Å². The molecule has 1 aliphatic heterocycles. The minimum Gasteiger partial charge on any atom is -0.378 e. The lowest BCUT2D eigenvalue weighted by molar-refractivity contribution is 0.122. The number of para-hydroxylation sites is 2. The summed E-state index contributed by atoms with van der Waals surface area (Å²) in [6, 6.07) is 10.1. The Morgan fingerprint density at radius 3 is 2.54 bits per heavy atom. The number of benzene rings is 1. The first-order chi connectivity index (χ1) is 12.7. The summed E-state index contributed by atoms with van der Waals surface area (Å²) in [7, 11) is 0. The van der Waals surface area contributed by atoms with E-state index < -0.39 is 0 Å². The van der Waals surface area contributed by atoms with Crippen LogP contribution in [-0.4, -0.2) is 36.3 Å². The van der Waals surface area contributed by atoms with Crippen molar-refractivity contribution in [1.29, 1.82) is 5.26 Å².